The lowest BCUT2D eigenvalue weighted by molar-refractivity contribution is -0.147. The zero-order valence-electron chi connectivity index (χ0n) is 25.0. The van der Waals surface area contributed by atoms with E-state index in [2.05, 4.69) is 51.2 Å². The van der Waals surface area contributed by atoms with Crippen molar-refractivity contribution in [2.75, 3.05) is 20.0 Å². The molecule has 4 rings (SSSR count). The third kappa shape index (κ3) is 9.39. The van der Waals surface area contributed by atoms with Crippen LogP contribution in [0, 0.1) is 17.3 Å². The Morgan fingerprint density at radius 2 is 1.71 bits per heavy atom. The number of alkyl halides is 1. The van der Waals surface area contributed by atoms with Crippen LogP contribution in [0.25, 0.3) is 0 Å². The number of para-hydroxylation sites is 2. The van der Waals surface area contributed by atoms with Gasteiger partial charge < -0.3 is 28.7 Å². The van der Waals surface area contributed by atoms with Crippen molar-refractivity contribution >= 4 is 23.7 Å². The molecule has 1 heterocycles. The number of halogens is 1. The van der Waals surface area contributed by atoms with E-state index in [0.717, 1.165) is 17.7 Å². The predicted octanol–water partition coefficient (Wildman–Crippen LogP) is 7.15. The van der Waals surface area contributed by atoms with Crippen molar-refractivity contribution in [3.8, 4) is 11.5 Å². The molecule has 0 radical (unpaired) electrons. The standard InChI is InChI=1S/C22H26O3.C11H14ClNO4/c1-15(2)10-19-20(22(19,3)4)21(23)25-14-17-12-18(24-13-17)11-16-8-6-5-7-9-16;1-13-11(14)17-9-6-4-3-5-8(9)16-10(7-12)15-2/h5-10,12-13,19-20H,11,14H2,1-4H3;3-6,10H,7H2,1-2H3,(H,13,14)/t19-,20-;/m0./s1. The van der Waals surface area contributed by atoms with E-state index >= 15 is 0 Å². The summed E-state index contributed by atoms with van der Waals surface area (Å²) in [4.78, 5) is 23.5. The second-order valence-corrected chi connectivity index (χ2v) is 11.1. The number of furan rings is 1. The number of hydrogen-bond donors (Lipinski definition) is 1. The van der Waals surface area contributed by atoms with Gasteiger partial charge in [0.15, 0.2) is 11.5 Å². The van der Waals surface area contributed by atoms with Crippen LogP contribution in [0.15, 0.2) is 83.0 Å². The Hall–Kier alpha value is -3.75. The summed E-state index contributed by atoms with van der Waals surface area (Å²) in [5.41, 5.74) is 3.33. The van der Waals surface area contributed by atoms with Crippen LogP contribution in [0.1, 0.15) is 44.6 Å². The normalized spacial score (nSPS) is 17.1. The van der Waals surface area contributed by atoms with Crippen molar-refractivity contribution in [1.82, 2.24) is 5.32 Å². The van der Waals surface area contributed by atoms with Gasteiger partial charge in [0.25, 0.3) is 0 Å². The summed E-state index contributed by atoms with van der Waals surface area (Å²) in [7, 11) is 2.96. The second-order valence-electron chi connectivity index (χ2n) is 10.8. The molecule has 1 fully saturated rings. The molecule has 42 heavy (non-hydrogen) atoms. The Balaban J connectivity index is 0.000000250. The maximum atomic E-state index is 12.4. The molecule has 3 atom stereocenters. The number of allylic oxidation sites excluding steroid dienone is 2. The summed E-state index contributed by atoms with van der Waals surface area (Å²) in [6.07, 6.45) is 3.44. The number of carbonyl (C=O) groups is 2. The van der Waals surface area contributed by atoms with E-state index in [9.17, 15) is 9.59 Å². The SMILES string of the molecule is CC(C)=C[C@H]1[C@@H](C(=O)OCc2coc(Cc3ccccc3)c2)C1(C)C.CNC(=O)Oc1ccccc1OC(CCl)OC. The van der Waals surface area contributed by atoms with Gasteiger partial charge in [-0.05, 0) is 48.9 Å². The van der Waals surface area contributed by atoms with E-state index in [1.165, 1.54) is 25.3 Å². The predicted molar refractivity (Wildman–Crippen MR) is 162 cm³/mol. The summed E-state index contributed by atoms with van der Waals surface area (Å²) in [6, 6.07) is 18.9. The Bertz CT molecular complexity index is 1330. The molecule has 0 spiro atoms. The molecular weight excluding hydrogens is 558 g/mol. The van der Waals surface area contributed by atoms with Gasteiger partial charge in [-0.15, -0.1) is 11.6 Å². The van der Waals surface area contributed by atoms with Crippen LogP contribution >= 0.6 is 11.6 Å². The molecule has 226 valence electrons. The lowest BCUT2D eigenvalue weighted by atomic mass is 10.1. The summed E-state index contributed by atoms with van der Waals surface area (Å²) in [6.45, 7) is 8.65. The average Bonchev–Trinajstić information content (AvgIpc) is 3.26. The van der Waals surface area contributed by atoms with Crippen molar-refractivity contribution in [3.05, 3.63) is 95.5 Å². The van der Waals surface area contributed by atoms with Gasteiger partial charge in [-0.1, -0.05) is 68.0 Å². The van der Waals surface area contributed by atoms with Crippen LogP contribution in [0.5, 0.6) is 11.5 Å². The third-order valence-electron chi connectivity index (χ3n) is 6.89. The van der Waals surface area contributed by atoms with Crippen molar-refractivity contribution < 1.29 is 33.0 Å². The number of ether oxygens (including phenoxy) is 4. The highest BCUT2D eigenvalue weighted by Gasteiger charge is 2.61. The van der Waals surface area contributed by atoms with Gasteiger partial charge >= 0.3 is 12.1 Å². The van der Waals surface area contributed by atoms with Gasteiger partial charge in [0.05, 0.1) is 18.1 Å². The monoisotopic (exact) mass is 597 g/mol. The minimum absolute atomic E-state index is 0.0107. The smallest absolute Gasteiger partial charge is 0.412 e. The molecule has 0 bridgehead atoms. The molecule has 3 aromatic rings. The second kappa shape index (κ2) is 15.5. The number of rotatable bonds is 11. The first kappa shape index (κ1) is 32.8. The lowest BCUT2D eigenvalue weighted by Gasteiger charge is -2.16. The van der Waals surface area contributed by atoms with Gasteiger partial charge in [-0.3, -0.25) is 4.79 Å². The Morgan fingerprint density at radius 3 is 2.33 bits per heavy atom. The molecule has 1 aliphatic carbocycles. The van der Waals surface area contributed by atoms with Crippen molar-refractivity contribution in [3.63, 3.8) is 0 Å². The number of carbonyl (C=O) groups excluding carboxylic acids is 2. The maximum Gasteiger partial charge on any atom is 0.412 e. The fraction of sp³-hybridized carbons (Fsp3) is 0.394. The molecule has 1 aromatic heterocycles. The number of amides is 1. The van der Waals surface area contributed by atoms with Crippen molar-refractivity contribution in [2.45, 2.75) is 47.0 Å². The third-order valence-corrected chi connectivity index (χ3v) is 7.14. The van der Waals surface area contributed by atoms with Gasteiger partial charge in [-0.25, -0.2) is 4.79 Å². The molecule has 1 aliphatic rings. The summed E-state index contributed by atoms with van der Waals surface area (Å²) < 4.78 is 26.5. The van der Waals surface area contributed by atoms with E-state index in [1.54, 1.807) is 30.5 Å². The molecular formula is C33H40ClNO7. The molecule has 1 saturated carbocycles. The molecule has 1 amide bonds. The molecule has 2 aromatic carbocycles. The Labute approximate surface area is 252 Å². The first-order valence-electron chi connectivity index (χ1n) is 13.7. The molecule has 1 N–H and O–H groups in total. The highest BCUT2D eigenvalue weighted by Crippen LogP contribution is 2.59. The zero-order valence-corrected chi connectivity index (χ0v) is 25.8. The quantitative estimate of drug-likeness (QED) is 0.108. The lowest BCUT2D eigenvalue weighted by Crippen LogP contribution is -2.24. The highest BCUT2D eigenvalue weighted by molar-refractivity contribution is 6.18. The van der Waals surface area contributed by atoms with Gasteiger partial charge in [0.1, 0.15) is 12.4 Å². The molecule has 9 heteroatoms. The molecule has 0 saturated heterocycles. The largest absolute Gasteiger partial charge is 0.469 e. The van der Waals surface area contributed by atoms with E-state index in [-0.39, 0.29) is 35.7 Å². The summed E-state index contributed by atoms with van der Waals surface area (Å²) in [5.74, 6) is 1.87. The number of methoxy groups -OCH3 is 1. The van der Waals surface area contributed by atoms with E-state index in [4.69, 9.17) is 35.0 Å². The van der Waals surface area contributed by atoms with Crippen molar-refractivity contribution in [2.24, 2.45) is 17.3 Å². The fourth-order valence-corrected chi connectivity index (χ4v) is 4.69. The summed E-state index contributed by atoms with van der Waals surface area (Å²) >= 11 is 5.63. The average molecular weight is 598 g/mol. The van der Waals surface area contributed by atoms with Crippen LogP contribution in [0.2, 0.25) is 0 Å². The fourth-order valence-electron chi connectivity index (χ4n) is 4.50. The van der Waals surface area contributed by atoms with Gasteiger partial charge in [-0.2, -0.15) is 0 Å². The van der Waals surface area contributed by atoms with Crippen LogP contribution in [-0.4, -0.2) is 38.4 Å². The first-order chi connectivity index (χ1) is 20.1. The van der Waals surface area contributed by atoms with Gasteiger partial charge in [0, 0.05) is 26.1 Å². The number of hydrogen-bond acceptors (Lipinski definition) is 7. The van der Waals surface area contributed by atoms with E-state index < -0.39 is 12.4 Å². The van der Waals surface area contributed by atoms with E-state index in [0.29, 0.717) is 11.5 Å². The molecule has 8 nitrogen and oxygen atoms in total. The van der Waals surface area contributed by atoms with E-state index in [1.807, 2.05) is 24.3 Å². The van der Waals surface area contributed by atoms with Crippen LogP contribution in [0.4, 0.5) is 4.79 Å². The maximum absolute atomic E-state index is 12.4. The topological polar surface area (TPSA) is 96.2 Å². The van der Waals surface area contributed by atoms with Gasteiger partial charge in [0.2, 0.25) is 6.29 Å². The molecule has 0 aliphatic heterocycles. The van der Waals surface area contributed by atoms with Crippen molar-refractivity contribution in [1.29, 1.82) is 0 Å². The Morgan fingerprint density at radius 1 is 1.05 bits per heavy atom. The van der Waals surface area contributed by atoms with Crippen LogP contribution in [0.3, 0.4) is 0 Å². The Kier molecular flexibility index (Phi) is 12.1. The van der Waals surface area contributed by atoms with Crippen LogP contribution in [-0.2, 0) is 27.3 Å². The highest BCUT2D eigenvalue weighted by atomic mass is 35.5. The van der Waals surface area contributed by atoms with Crippen LogP contribution < -0.4 is 14.8 Å². The zero-order chi connectivity index (χ0) is 30.7. The number of esters is 1. The summed E-state index contributed by atoms with van der Waals surface area (Å²) in [5, 5.41) is 2.35. The number of nitrogens with one attached hydrogen (secondary N) is 1. The number of benzene rings is 2. The molecule has 1 unspecified atom stereocenters. The minimum Gasteiger partial charge on any atom is -0.469 e. The first-order valence-corrected chi connectivity index (χ1v) is 14.3. The minimum atomic E-state index is -0.592.